The molecule has 25 heavy (non-hydrogen) atoms. The van der Waals surface area contributed by atoms with E-state index in [0.29, 0.717) is 18.7 Å². The zero-order chi connectivity index (χ0) is 17.8. The van der Waals surface area contributed by atoms with Gasteiger partial charge >= 0.3 is 6.61 Å². The molecule has 0 saturated heterocycles. The lowest BCUT2D eigenvalue weighted by Crippen LogP contribution is -2.21. The second-order valence-electron chi connectivity index (χ2n) is 6.23. The van der Waals surface area contributed by atoms with Gasteiger partial charge in [0.15, 0.2) is 0 Å². The highest BCUT2D eigenvalue weighted by atomic mass is 19.3. The number of fused-ring (bicyclic) bond motifs is 1. The van der Waals surface area contributed by atoms with E-state index in [1.54, 1.807) is 12.1 Å². The summed E-state index contributed by atoms with van der Waals surface area (Å²) in [6, 6.07) is 12.5. The Balaban J connectivity index is 1.50. The summed E-state index contributed by atoms with van der Waals surface area (Å²) in [5.74, 6) is 0.0852. The van der Waals surface area contributed by atoms with Gasteiger partial charge in [-0.05, 0) is 41.3 Å². The number of nitrogens with one attached hydrogen (secondary N) is 1. The second kappa shape index (κ2) is 7.80. The van der Waals surface area contributed by atoms with Crippen molar-refractivity contribution in [3.63, 3.8) is 0 Å². The van der Waals surface area contributed by atoms with Crippen LogP contribution >= 0.6 is 0 Å². The average Bonchev–Trinajstić information content (AvgIpc) is 2.95. The van der Waals surface area contributed by atoms with Crippen LogP contribution in [-0.4, -0.2) is 31.9 Å². The third-order valence-electron chi connectivity index (χ3n) is 4.43. The molecule has 1 unspecified atom stereocenters. The fourth-order valence-corrected chi connectivity index (χ4v) is 3.07. The minimum absolute atomic E-state index is 0.0852. The molecule has 3 rings (SSSR count). The molecule has 0 amide bonds. The Morgan fingerprint density at radius 3 is 2.68 bits per heavy atom. The number of aliphatic hydroxyl groups is 1. The third kappa shape index (κ3) is 4.46. The first kappa shape index (κ1) is 17.6. The van der Waals surface area contributed by atoms with Gasteiger partial charge in [-0.15, -0.1) is 0 Å². The first-order valence-corrected chi connectivity index (χ1v) is 8.29. The number of benzene rings is 2. The van der Waals surface area contributed by atoms with Crippen LogP contribution in [-0.2, 0) is 13.0 Å². The standard InChI is InChI=1S/C19H22F2N2O2/c1-23-9-8-15-10-13(2-7-17(15)23)11-22-12-18(24)14-3-5-16(6-4-14)25-19(20)21/h2-7,10,18-19,22,24H,8-9,11-12H2,1H3. The van der Waals surface area contributed by atoms with E-state index >= 15 is 0 Å². The Labute approximate surface area is 146 Å². The molecule has 6 heteroatoms. The molecule has 0 bridgehead atoms. The van der Waals surface area contributed by atoms with Crippen LogP contribution in [0.1, 0.15) is 22.8 Å². The maximum atomic E-state index is 12.1. The van der Waals surface area contributed by atoms with Gasteiger partial charge in [0, 0.05) is 32.4 Å². The van der Waals surface area contributed by atoms with Crippen LogP contribution in [0, 0.1) is 0 Å². The minimum Gasteiger partial charge on any atom is -0.435 e. The Hall–Kier alpha value is -2.18. The van der Waals surface area contributed by atoms with Gasteiger partial charge in [-0.2, -0.15) is 8.78 Å². The predicted octanol–water partition coefficient (Wildman–Crippen LogP) is 3.10. The van der Waals surface area contributed by atoms with Crippen LogP contribution in [0.3, 0.4) is 0 Å². The van der Waals surface area contributed by atoms with Crippen LogP contribution < -0.4 is 15.0 Å². The zero-order valence-corrected chi connectivity index (χ0v) is 14.1. The maximum Gasteiger partial charge on any atom is 0.387 e. The molecular weight excluding hydrogens is 326 g/mol. The molecule has 0 aliphatic carbocycles. The van der Waals surface area contributed by atoms with Crippen molar-refractivity contribution in [2.45, 2.75) is 25.7 Å². The lowest BCUT2D eigenvalue weighted by atomic mass is 10.1. The van der Waals surface area contributed by atoms with Crippen LogP contribution in [0.2, 0.25) is 0 Å². The number of aliphatic hydroxyl groups excluding tert-OH is 1. The van der Waals surface area contributed by atoms with Crippen LogP contribution in [0.15, 0.2) is 42.5 Å². The van der Waals surface area contributed by atoms with Gasteiger partial charge in [0.2, 0.25) is 0 Å². The first-order chi connectivity index (χ1) is 12.0. The molecule has 0 spiro atoms. The van der Waals surface area contributed by atoms with Crippen LogP contribution in [0.25, 0.3) is 0 Å². The quantitative estimate of drug-likeness (QED) is 0.807. The van der Waals surface area contributed by atoms with Gasteiger partial charge in [-0.3, -0.25) is 0 Å². The molecule has 134 valence electrons. The molecule has 1 aliphatic rings. The van der Waals surface area contributed by atoms with Gasteiger partial charge in [-0.25, -0.2) is 0 Å². The highest BCUT2D eigenvalue weighted by Gasteiger charge is 2.15. The van der Waals surface area contributed by atoms with E-state index in [9.17, 15) is 13.9 Å². The number of rotatable bonds is 7. The van der Waals surface area contributed by atoms with Gasteiger partial charge in [-0.1, -0.05) is 24.3 Å². The lowest BCUT2D eigenvalue weighted by molar-refractivity contribution is -0.0498. The predicted molar refractivity (Wildman–Crippen MR) is 93.2 cm³/mol. The van der Waals surface area contributed by atoms with E-state index in [1.807, 2.05) is 0 Å². The molecule has 0 aromatic heterocycles. The summed E-state index contributed by atoms with van der Waals surface area (Å²) >= 11 is 0. The van der Waals surface area contributed by atoms with Crippen molar-refractivity contribution < 1.29 is 18.6 Å². The topological polar surface area (TPSA) is 44.7 Å². The van der Waals surface area contributed by atoms with Crippen LogP contribution in [0.5, 0.6) is 5.75 Å². The van der Waals surface area contributed by atoms with E-state index in [4.69, 9.17) is 0 Å². The molecule has 4 nitrogen and oxygen atoms in total. The largest absolute Gasteiger partial charge is 0.435 e. The van der Waals surface area contributed by atoms with Crippen molar-refractivity contribution in [3.05, 3.63) is 59.2 Å². The fourth-order valence-electron chi connectivity index (χ4n) is 3.07. The molecule has 2 N–H and O–H groups in total. The van der Waals surface area contributed by atoms with Crippen molar-refractivity contribution >= 4 is 5.69 Å². The summed E-state index contributed by atoms with van der Waals surface area (Å²) in [6.07, 6.45) is 0.358. The highest BCUT2D eigenvalue weighted by Crippen LogP contribution is 2.27. The fraction of sp³-hybridized carbons (Fsp3) is 0.368. The van der Waals surface area contributed by atoms with Gasteiger partial charge in [0.05, 0.1) is 6.10 Å². The molecule has 2 aromatic rings. The molecule has 0 radical (unpaired) electrons. The average molecular weight is 348 g/mol. The lowest BCUT2D eigenvalue weighted by Gasteiger charge is -2.14. The number of ether oxygens (including phenoxy) is 1. The summed E-state index contributed by atoms with van der Waals surface area (Å²) < 4.78 is 28.6. The third-order valence-corrected chi connectivity index (χ3v) is 4.43. The molecular formula is C19H22F2N2O2. The van der Waals surface area contributed by atoms with Crippen molar-refractivity contribution in [2.75, 3.05) is 25.0 Å². The monoisotopic (exact) mass is 348 g/mol. The van der Waals surface area contributed by atoms with E-state index in [-0.39, 0.29) is 5.75 Å². The van der Waals surface area contributed by atoms with Crippen molar-refractivity contribution in [1.82, 2.24) is 5.32 Å². The van der Waals surface area contributed by atoms with Gasteiger partial charge in [0.1, 0.15) is 5.75 Å². The molecule has 1 heterocycles. The number of anilines is 1. The Morgan fingerprint density at radius 1 is 1.20 bits per heavy atom. The highest BCUT2D eigenvalue weighted by molar-refractivity contribution is 5.58. The van der Waals surface area contributed by atoms with Crippen LogP contribution in [0.4, 0.5) is 14.5 Å². The van der Waals surface area contributed by atoms with Crippen molar-refractivity contribution in [1.29, 1.82) is 0 Å². The number of hydrogen-bond acceptors (Lipinski definition) is 4. The second-order valence-corrected chi connectivity index (χ2v) is 6.23. The number of hydrogen-bond donors (Lipinski definition) is 2. The van der Waals surface area contributed by atoms with Gasteiger partial charge < -0.3 is 20.1 Å². The summed E-state index contributed by atoms with van der Waals surface area (Å²) in [7, 11) is 2.09. The van der Waals surface area contributed by atoms with E-state index < -0.39 is 12.7 Å². The van der Waals surface area contributed by atoms with E-state index in [1.165, 1.54) is 28.9 Å². The summed E-state index contributed by atoms with van der Waals surface area (Å²) in [6.45, 7) is -0.743. The summed E-state index contributed by atoms with van der Waals surface area (Å²) in [4.78, 5) is 2.25. The molecule has 0 fully saturated rings. The smallest absolute Gasteiger partial charge is 0.387 e. The van der Waals surface area contributed by atoms with Crippen molar-refractivity contribution in [3.8, 4) is 5.75 Å². The molecule has 1 atom stereocenters. The zero-order valence-electron chi connectivity index (χ0n) is 14.1. The number of likely N-dealkylation sites (N-methyl/N-ethyl adjacent to an activating group) is 1. The first-order valence-electron chi connectivity index (χ1n) is 8.29. The maximum absolute atomic E-state index is 12.1. The normalized spacial score (nSPS) is 14.7. The number of alkyl halides is 2. The molecule has 1 aliphatic heterocycles. The Morgan fingerprint density at radius 2 is 1.96 bits per heavy atom. The van der Waals surface area contributed by atoms with Crippen molar-refractivity contribution in [2.24, 2.45) is 0 Å². The van der Waals surface area contributed by atoms with E-state index in [0.717, 1.165) is 13.0 Å². The minimum atomic E-state index is -2.84. The van der Waals surface area contributed by atoms with E-state index in [2.05, 4.69) is 40.2 Å². The number of nitrogens with zero attached hydrogens (tertiary/aromatic N) is 1. The summed E-state index contributed by atoms with van der Waals surface area (Å²) in [5, 5.41) is 13.4. The number of halogens is 2. The van der Waals surface area contributed by atoms with Gasteiger partial charge in [0.25, 0.3) is 0 Å². The Bertz CT molecular complexity index is 707. The SMILES string of the molecule is CN1CCc2cc(CNCC(O)c3ccc(OC(F)F)cc3)ccc21. The molecule has 2 aromatic carbocycles. The summed E-state index contributed by atoms with van der Waals surface area (Å²) in [5.41, 5.74) is 4.48. The Kier molecular flexibility index (Phi) is 5.50. The molecule has 0 saturated carbocycles.